The summed E-state index contributed by atoms with van der Waals surface area (Å²) in [5, 5.41) is 11.2. The zero-order valence-electron chi connectivity index (χ0n) is 16.2. The summed E-state index contributed by atoms with van der Waals surface area (Å²) in [4.78, 5) is 11.4. The van der Waals surface area contributed by atoms with Gasteiger partial charge in [-0.2, -0.15) is 0 Å². The summed E-state index contributed by atoms with van der Waals surface area (Å²) in [6, 6.07) is 0. The smallest absolute Gasteiger partial charge is 0.221 e. The van der Waals surface area contributed by atoms with Crippen molar-refractivity contribution in [2.24, 2.45) is 0 Å². The number of amides is 1. The van der Waals surface area contributed by atoms with Crippen LogP contribution in [0.3, 0.4) is 0 Å². The molecule has 0 aliphatic carbocycles. The Labute approximate surface area is 164 Å². The number of rotatable bonds is 16. The summed E-state index contributed by atoms with van der Waals surface area (Å²) in [6.07, 6.45) is 27.6. The number of carbonyl (C=O) groups is 1. The van der Waals surface area contributed by atoms with E-state index in [4.69, 9.17) is 16.7 Å². The molecule has 0 radical (unpaired) electrons. The standard InChI is InChI=1S/C22H36ClNO2/c1-2-3-4-5-6-7-8-9-10-11-12-13-14-15-16-17-18-19-22(26)24-21(23)20-25/h6-7,9-10,12-13,15-16,21,25H,2-5,8,11,14,17-20H2,1H3,(H,24,26). The number of hydrogen-bond acceptors (Lipinski definition) is 2. The quantitative estimate of drug-likeness (QED) is 0.153. The maximum Gasteiger partial charge on any atom is 0.221 e. The van der Waals surface area contributed by atoms with Gasteiger partial charge in [-0.3, -0.25) is 4.79 Å². The molecule has 0 aromatic heterocycles. The maximum absolute atomic E-state index is 11.4. The normalized spacial score (nSPS) is 13.5. The summed E-state index contributed by atoms with van der Waals surface area (Å²) in [5.74, 6) is -0.116. The van der Waals surface area contributed by atoms with E-state index in [1.807, 2.05) is 0 Å². The van der Waals surface area contributed by atoms with E-state index in [-0.39, 0.29) is 12.5 Å². The minimum absolute atomic E-state index is 0.116. The second-order valence-corrected chi connectivity index (χ2v) is 6.73. The molecule has 0 aromatic carbocycles. The van der Waals surface area contributed by atoms with Gasteiger partial charge in [-0.15, -0.1) is 0 Å². The molecule has 2 N–H and O–H groups in total. The van der Waals surface area contributed by atoms with E-state index in [1.54, 1.807) is 0 Å². The highest BCUT2D eigenvalue weighted by atomic mass is 35.5. The molecule has 1 unspecified atom stereocenters. The molecule has 0 saturated carbocycles. The van der Waals surface area contributed by atoms with Crippen LogP contribution in [0.2, 0.25) is 0 Å². The Bertz CT molecular complexity index is 441. The van der Waals surface area contributed by atoms with Gasteiger partial charge in [-0.25, -0.2) is 0 Å². The molecular weight excluding hydrogens is 346 g/mol. The Kier molecular flexibility index (Phi) is 19.0. The van der Waals surface area contributed by atoms with Crippen LogP contribution in [0, 0.1) is 0 Å². The minimum Gasteiger partial charge on any atom is -0.393 e. The van der Waals surface area contributed by atoms with E-state index in [0.717, 1.165) is 32.1 Å². The molecule has 148 valence electrons. The van der Waals surface area contributed by atoms with Crippen LogP contribution in [0.1, 0.15) is 71.1 Å². The lowest BCUT2D eigenvalue weighted by molar-refractivity contribution is -0.121. The van der Waals surface area contributed by atoms with Gasteiger partial charge >= 0.3 is 0 Å². The fourth-order valence-electron chi connectivity index (χ4n) is 2.23. The molecule has 3 nitrogen and oxygen atoms in total. The van der Waals surface area contributed by atoms with E-state index < -0.39 is 5.50 Å². The molecule has 4 heteroatoms. The summed E-state index contributed by atoms with van der Waals surface area (Å²) in [5.41, 5.74) is -0.681. The Balaban J connectivity index is 3.50. The van der Waals surface area contributed by atoms with Crippen molar-refractivity contribution in [3.05, 3.63) is 48.6 Å². The topological polar surface area (TPSA) is 49.3 Å². The van der Waals surface area contributed by atoms with E-state index >= 15 is 0 Å². The first-order chi connectivity index (χ1) is 12.7. The maximum atomic E-state index is 11.4. The van der Waals surface area contributed by atoms with Crippen LogP contribution in [-0.2, 0) is 4.79 Å². The zero-order chi connectivity index (χ0) is 19.3. The first-order valence-corrected chi connectivity index (χ1v) is 10.3. The first-order valence-electron chi connectivity index (χ1n) is 9.85. The van der Waals surface area contributed by atoms with E-state index in [9.17, 15) is 4.79 Å². The van der Waals surface area contributed by atoms with Crippen molar-refractivity contribution in [1.82, 2.24) is 5.32 Å². The van der Waals surface area contributed by atoms with Gasteiger partial charge in [0.05, 0.1) is 6.61 Å². The Morgan fingerprint density at radius 1 is 0.885 bits per heavy atom. The second-order valence-electron chi connectivity index (χ2n) is 6.20. The molecule has 0 bridgehead atoms. The molecular formula is C22H36ClNO2. The van der Waals surface area contributed by atoms with Gasteiger partial charge in [0, 0.05) is 6.42 Å². The molecule has 0 saturated heterocycles. The van der Waals surface area contributed by atoms with Gasteiger partial charge in [-0.1, -0.05) is 80.0 Å². The molecule has 0 spiro atoms. The number of allylic oxidation sites excluding steroid dienone is 8. The Morgan fingerprint density at radius 2 is 1.38 bits per heavy atom. The van der Waals surface area contributed by atoms with Crippen LogP contribution in [0.15, 0.2) is 48.6 Å². The monoisotopic (exact) mass is 381 g/mol. The largest absolute Gasteiger partial charge is 0.393 e. The van der Waals surface area contributed by atoms with Gasteiger partial charge in [0.2, 0.25) is 5.91 Å². The molecule has 0 aliphatic heterocycles. The number of alkyl halides is 1. The number of nitrogens with one attached hydrogen (secondary N) is 1. The average molecular weight is 382 g/mol. The SMILES string of the molecule is CCCCCC=CCC=CCC=CCC=CCCCC(=O)NC(Cl)CO. The molecule has 0 rings (SSSR count). The highest BCUT2D eigenvalue weighted by Crippen LogP contribution is 2.02. The minimum atomic E-state index is -0.681. The van der Waals surface area contributed by atoms with Crippen LogP contribution in [0.5, 0.6) is 0 Å². The van der Waals surface area contributed by atoms with Crippen LogP contribution < -0.4 is 5.32 Å². The number of hydrogen-bond donors (Lipinski definition) is 2. The molecule has 0 aliphatic rings. The average Bonchev–Trinajstić information content (AvgIpc) is 2.64. The predicted molar refractivity (Wildman–Crippen MR) is 113 cm³/mol. The third-order valence-electron chi connectivity index (χ3n) is 3.71. The molecule has 1 amide bonds. The summed E-state index contributed by atoms with van der Waals surface area (Å²) < 4.78 is 0. The lowest BCUT2D eigenvalue weighted by atomic mass is 10.2. The highest BCUT2D eigenvalue weighted by Gasteiger charge is 2.06. The van der Waals surface area contributed by atoms with E-state index in [0.29, 0.717) is 6.42 Å². The van der Waals surface area contributed by atoms with Gasteiger partial charge in [-0.05, 0) is 44.9 Å². The molecule has 0 fully saturated rings. The number of halogens is 1. The Hall–Kier alpha value is -1.32. The van der Waals surface area contributed by atoms with Crippen LogP contribution >= 0.6 is 11.6 Å². The zero-order valence-corrected chi connectivity index (χ0v) is 17.0. The third kappa shape index (κ3) is 19.0. The van der Waals surface area contributed by atoms with Gasteiger partial charge < -0.3 is 10.4 Å². The lowest BCUT2D eigenvalue weighted by Crippen LogP contribution is -2.32. The molecule has 0 heterocycles. The van der Waals surface area contributed by atoms with Crippen molar-refractivity contribution in [3.8, 4) is 0 Å². The number of unbranched alkanes of at least 4 members (excludes halogenated alkanes) is 4. The van der Waals surface area contributed by atoms with Crippen LogP contribution in [0.4, 0.5) is 0 Å². The van der Waals surface area contributed by atoms with E-state index in [2.05, 4.69) is 60.8 Å². The Morgan fingerprint density at radius 3 is 1.88 bits per heavy atom. The summed E-state index contributed by atoms with van der Waals surface area (Å²) in [7, 11) is 0. The van der Waals surface area contributed by atoms with Crippen molar-refractivity contribution in [2.45, 2.75) is 76.6 Å². The van der Waals surface area contributed by atoms with Crippen molar-refractivity contribution >= 4 is 17.5 Å². The number of aliphatic hydroxyl groups is 1. The third-order valence-corrected chi connectivity index (χ3v) is 3.96. The van der Waals surface area contributed by atoms with Crippen LogP contribution in [-0.4, -0.2) is 23.1 Å². The van der Waals surface area contributed by atoms with Crippen LogP contribution in [0.25, 0.3) is 0 Å². The fraction of sp³-hybridized carbons (Fsp3) is 0.591. The molecule has 0 aromatic rings. The van der Waals surface area contributed by atoms with Crippen molar-refractivity contribution < 1.29 is 9.90 Å². The summed E-state index contributed by atoms with van der Waals surface area (Å²) in [6.45, 7) is 1.99. The highest BCUT2D eigenvalue weighted by molar-refractivity contribution is 6.21. The van der Waals surface area contributed by atoms with Gasteiger partial charge in [0.15, 0.2) is 0 Å². The van der Waals surface area contributed by atoms with Crippen molar-refractivity contribution in [1.29, 1.82) is 0 Å². The fourth-order valence-corrected chi connectivity index (χ4v) is 2.36. The number of aliphatic hydroxyl groups excluding tert-OH is 1. The molecule has 1 atom stereocenters. The van der Waals surface area contributed by atoms with Crippen molar-refractivity contribution in [2.75, 3.05) is 6.61 Å². The predicted octanol–water partition coefficient (Wildman–Crippen LogP) is 5.81. The first kappa shape index (κ1) is 24.7. The second kappa shape index (κ2) is 20.0. The molecule has 26 heavy (non-hydrogen) atoms. The lowest BCUT2D eigenvalue weighted by Gasteiger charge is -2.07. The number of carbonyl (C=O) groups excluding carboxylic acids is 1. The van der Waals surface area contributed by atoms with Crippen molar-refractivity contribution in [3.63, 3.8) is 0 Å². The summed E-state index contributed by atoms with van der Waals surface area (Å²) >= 11 is 5.63. The van der Waals surface area contributed by atoms with E-state index in [1.165, 1.54) is 25.7 Å². The van der Waals surface area contributed by atoms with Gasteiger partial charge in [0.25, 0.3) is 0 Å². The van der Waals surface area contributed by atoms with Gasteiger partial charge in [0.1, 0.15) is 5.50 Å².